The van der Waals surface area contributed by atoms with Crippen molar-refractivity contribution in [1.29, 1.82) is 0 Å². The second-order valence-electron chi connectivity index (χ2n) is 6.27. The van der Waals surface area contributed by atoms with Gasteiger partial charge in [-0.15, -0.1) is 0 Å². The van der Waals surface area contributed by atoms with E-state index in [-0.39, 0.29) is 0 Å². The molecule has 0 heterocycles. The van der Waals surface area contributed by atoms with Gasteiger partial charge in [-0.05, 0) is 43.2 Å². The molecule has 2 saturated carbocycles. The minimum Gasteiger partial charge on any atom is -0.310 e. The summed E-state index contributed by atoms with van der Waals surface area (Å²) < 4.78 is 27.9. The molecular formula is C16H24N2O2S. The van der Waals surface area contributed by atoms with E-state index in [0.717, 1.165) is 18.4 Å². The summed E-state index contributed by atoms with van der Waals surface area (Å²) in [6, 6.07) is 7.89. The van der Waals surface area contributed by atoms with Crippen LogP contribution in [0.4, 0.5) is 0 Å². The van der Waals surface area contributed by atoms with Crippen LogP contribution in [0.15, 0.2) is 29.2 Å². The number of sulfonamides is 1. The van der Waals surface area contributed by atoms with Crippen LogP contribution >= 0.6 is 0 Å². The topological polar surface area (TPSA) is 58.2 Å². The van der Waals surface area contributed by atoms with Gasteiger partial charge in [-0.2, -0.15) is 0 Å². The standard InChI is InChI=1S/C16H24N2O2S/c19-21(20,18-11-13-5-1-2-6-13)16-8-4-3-7-14(16)12-17-15-9-10-15/h3-4,7-8,13,15,17-18H,1-2,5-6,9-12H2. The Balaban J connectivity index is 1.67. The van der Waals surface area contributed by atoms with E-state index in [1.54, 1.807) is 12.1 Å². The molecule has 0 radical (unpaired) electrons. The van der Waals surface area contributed by atoms with Crippen molar-refractivity contribution in [3.8, 4) is 0 Å². The zero-order valence-electron chi connectivity index (χ0n) is 12.3. The van der Waals surface area contributed by atoms with Crippen molar-refractivity contribution in [2.75, 3.05) is 6.54 Å². The fourth-order valence-corrected chi connectivity index (χ4v) is 4.33. The Kier molecular flexibility index (Phi) is 4.62. The van der Waals surface area contributed by atoms with Crippen molar-refractivity contribution < 1.29 is 8.42 Å². The van der Waals surface area contributed by atoms with Crippen molar-refractivity contribution in [3.63, 3.8) is 0 Å². The zero-order chi connectivity index (χ0) is 14.7. The highest BCUT2D eigenvalue weighted by atomic mass is 32.2. The molecular weight excluding hydrogens is 284 g/mol. The maximum absolute atomic E-state index is 12.5. The van der Waals surface area contributed by atoms with E-state index < -0.39 is 10.0 Å². The molecule has 0 atom stereocenters. The highest BCUT2D eigenvalue weighted by Gasteiger charge is 2.24. The Morgan fingerprint density at radius 1 is 1.05 bits per heavy atom. The third kappa shape index (κ3) is 4.05. The van der Waals surface area contributed by atoms with Gasteiger partial charge in [0.2, 0.25) is 10.0 Å². The first-order chi connectivity index (χ1) is 10.1. The number of hydrogen-bond donors (Lipinski definition) is 2. The van der Waals surface area contributed by atoms with Crippen molar-refractivity contribution in [2.24, 2.45) is 5.92 Å². The predicted octanol–water partition coefficient (Wildman–Crippen LogP) is 2.41. The quantitative estimate of drug-likeness (QED) is 0.813. The lowest BCUT2D eigenvalue weighted by Gasteiger charge is -2.14. The first kappa shape index (κ1) is 15.0. The van der Waals surface area contributed by atoms with Crippen LogP contribution in [0.1, 0.15) is 44.1 Å². The van der Waals surface area contributed by atoms with Gasteiger partial charge in [0, 0.05) is 19.1 Å². The van der Waals surface area contributed by atoms with E-state index in [4.69, 9.17) is 0 Å². The van der Waals surface area contributed by atoms with Gasteiger partial charge in [-0.25, -0.2) is 13.1 Å². The van der Waals surface area contributed by atoms with Gasteiger partial charge < -0.3 is 5.32 Å². The summed E-state index contributed by atoms with van der Waals surface area (Å²) in [6.45, 7) is 1.21. The largest absolute Gasteiger partial charge is 0.310 e. The second kappa shape index (κ2) is 6.46. The molecule has 3 rings (SSSR count). The lowest BCUT2D eigenvalue weighted by molar-refractivity contribution is 0.519. The van der Waals surface area contributed by atoms with Gasteiger partial charge in [-0.3, -0.25) is 0 Å². The number of benzene rings is 1. The average molecular weight is 308 g/mol. The van der Waals surface area contributed by atoms with E-state index in [1.807, 2.05) is 12.1 Å². The van der Waals surface area contributed by atoms with Crippen LogP contribution in [-0.4, -0.2) is 21.0 Å². The number of hydrogen-bond acceptors (Lipinski definition) is 3. The van der Waals surface area contributed by atoms with E-state index >= 15 is 0 Å². The van der Waals surface area contributed by atoms with Gasteiger partial charge >= 0.3 is 0 Å². The van der Waals surface area contributed by atoms with Crippen LogP contribution in [0.25, 0.3) is 0 Å². The molecule has 0 bridgehead atoms. The highest BCUT2D eigenvalue weighted by molar-refractivity contribution is 7.89. The second-order valence-corrected chi connectivity index (χ2v) is 8.00. The molecule has 2 aliphatic carbocycles. The summed E-state index contributed by atoms with van der Waals surface area (Å²) >= 11 is 0. The van der Waals surface area contributed by atoms with E-state index in [9.17, 15) is 8.42 Å². The summed E-state index contributed by atoms with van der Waals surface area (Å²) in [4.78, 5) is 0.427. The molecule has 4 nitrogen and oxygen atoms in total. The Hall–Kier alpha value is -0.910. The van der Waals surface area contributed by atoms with E-state index in [2.05, 4.69) is 10.0 Å². The maximum atomic E-state index is 12.5. The highest BCUT2D eigenvalue weighted by Crippen LogP contribution is 2.25. The summed E-state index contributed by atoms with van der Waals surface area (Å²) in [5.74, 6) is 0.511. The fourth-order valence-electron chi connectivity index (χ4n) is 2.97. The van der Waals surface area contributed by atoms with Gasteiger partial charge in [0.25, 0.3) is 0 Å². The minimum absolute atomic E-state index is 0.427. The number of rotatable bonds is 7. The molecule has 2 aliphatic rings. The third-order valence-corrected chi connectivity index (χ3v) is 5.98. The Morgan fingerprint density at radius 3 is 2.48 bits per heavy atom. The monoisotopic (exact) mass is 308 g/mol. The molecule has 21 heavy (non-hydrogen) atoms. The van der Waals surface area contributed by atoms with Gasteiger partial charge in [0.05, 0.1) is 4.90 Å². The Labute approximate surface area is 127 Å². The lowest BCUT2D eigenvalue weighted by Crippen LogP contribution is -2.30. The van der Waals surface area contributed by atoms with Crippen molar-refractivity contribution in [2.45, 2.75) is 56.0 Å². The SMILES string of the molecule is O=S(=O)(NCC1CCCC1)c1ccccc1CNC1CC1. The van der Waals surface area contributed by atoms with Gasteiger partial charge in [-0.1, -0.05) is 31.0 Å². The Morgan fingerprint density at radius 2 is 1.76 bits per heavy atom. The molecule has 0 amide bonds. The number of nitrogens with one attached hydrogen (secondary N) is 2. The molecule has 0 saturated heterocycles. The average Bonchev–Trinajstić information content (AvgIpc) is 3.17. The molecule has 1 aromatic carbocycles. The smallest absolute Gasteiger partial charge is 0.240 e. The third-order valence-electron chi connectivity index (χ3n) is 4.46. The molecule has 0 spiro atoms. The predicted molar refractivity (Wildman–Crippen MR) is 83.5 cm³/mol. The van der Waals surface area contributed by atoms with Crippen molar-refractivity contribution in [3.05, 3.63) is 29.8 Å². The van der Waals surface area contributed by atoms with E-state index in [1.165, 1.54) is 25.7 Å². The van der Waals surface area contributed by atoms with Gasteiger partial charge in [0.15, 0.2) is 0 Å². The van der Waals surface area contributed by atoms with Crippen LogP contribution < -0.4 is 10.0 Å². The molecule has 2 fully saturated rings. The fraction of sp³-hybridized carbons (Fsp3) is 0.625. The molecule has 116 valence electrons. The zero-order valence-corrected chi connectivity index (χ0v) is 13.2. The maximum Gasteiger partial charge on any atom is 0.240 e. The van der Waals surface area contributed by atoms with Crippen LogP contribution in [0.3, 0.4) is 0 Å². The molecule has 2 N–H and O–H groups in total. The molecule has 1 aromatic rings. The van der Waals surface area contributed by atoms with E-state index in [0.29, 0.717) is 29.9 Å². The van der Waals surface area contributed by atoms with Gasteiger partial charge in [0.1, 0.15) is 0 Å². The van der Waals surface area contributed by atoms with Crippen molar-refractivity contribution in [1.82, 2.24) is 10.0 Å². The van der Waals surface area contributed by atoms with Crippen LogP contribution in [-0.2, 0) is 16.6 Å². The summed E-state index contributed by atoms with van der Waals surface area (Å²) in [5, 5.41) is 3.39. The lowest BCUT2D eigenvalue weighted by atomic mass is 10.1. The normalized spacial score (nSPS) is 20.0. The van der Waals surface area contributed by atoms with Crippen molar-refractivity contribution >= 4 is 10.0 Å². The summed E-state index contributed by atoms with van der Waals surface area (Å²) in [7, 11) is -3.40. The molecule has 0 aromatic heterocycles. The molecule has 0 aliphatic heterocycles. The molecule has 5 heteroatoms. The minimum atomic E-state index is -3.40. The Bertz CT molecular complexity index is 576. The summed E-state index contributed by atoms with van der Waals surface area (Å²) in [5.41, 5.74) is 0.864. The van der Waals surface area contributed by atoms with Crippen LogP contribution in [0.2, 0.25) is 0 Å². The van der Waals surface area contributed by atoms with Crippen LogP contribution in [0, 0.1) is 5.92 Å². The van der Waals surface area contributed by atoms with Crippen LogP contribution in [0.5, 0.6) is 0 Å². The first-order valence-corrected chi connectivity index (χ1v) is 9.44. The first-order valence-electron chi connectivity index (χ1n) is 7.96. The summed E-state index contributed by atoms with van der Waals surface area (Å²) in [6.07, 6.45) is 7.16. The molecule has 0 unspecified atom stereocenters.